The second-order valence-corrected chi connectivity index (χ2v) is 7.48. The van der Waals surface area contributed by atoms with Gasteiger partial charge in [0.1, 0.15) is 18.2 Å². The third-order valence-electron chi connectivity index (χ3n) is 5.55. The lowest BCUT2D eigenvalue weighted by molar-refractivity contribution is -0.0341. The lowest BCUT2D eigenvalue weighted by atomic mass is 10.1. The van der Waals surface area contributed by atoms with Crippen LogP contribution in [0.5, 0.6) is 5.75 Å². The minimum atomic E-state index is -0.0546. The highest BCUT2D eigenvalue weighted by Gasteiger charge is 2.26. The van der Waals surface area contributed by atoms with Gasteiger partial charge in [-0.2, -0.15) is 0 Å². The van der Waals surface area contributed by atoms with Gasteiger partial charge in [-0.25, -0.2) is 4.98 Å². The van der Waals surface area contributed by atoms with Crippen LogP contribution in [0.15, 0.2) is 73.3 Å². The van der Waals surface area contributed by atoms with E-state index in [1.807, 2.05) is 43.0 Å². The van der Waals surface area contributed by atoms with E-state index in [1.165, 1.54) is 5.56 Å². The number of hydrogen-bond donors (Lipinski definition) is 0. The first kappa shape index (κ1) is 18.8. The number of pyridine rings is 2. The molecule has 0 saturated carbocycles. The van der Waals surface area contributed by atoms with Crippen LogP contribution in [0.4, 0.5) is 0 Å². The summed E-state index contributed by atoms with van der Waals surface area (Å²) in [6.07, 6.45) is 5.57. The Hall–Kier alpha value is -3.22. The van der Waals surface area contributed by atoms with Crippen molar-refractivity contribution in [3.8, 4) is 17.0 Å². The van der Waals surface area contributed by atoms with Crippen LogP contribution in [0.1, 0.15) is 17.4 Å². The summed E-state index contributed by atoms with van der Waals surface area (Å²) in [5, 5.41) is 0. The summed E-state index contributed by atoms with van der Waals surface area (Å²) in [5.41, 5.74) is 5.44. The van der Waals surface area contributed by atoms with Gasteiger partial charge in [0.25, 0.3) is 0 Å². The van der Waals surface area contributed by atoms with Gasteiger partial charge in [-0.15, -0.1) is 0 Å². The highest BCUT2D eigenvalue weighted by Crippen LogP contribution is 2.30. The Bertz CT molecular complexity index is 1140. The van der Waals surface area contributed by atoms with Crippen LogP contribution in [0.25, 0.3) is 16.8 Å². The van der Waals surface area contributed by atoms with Gasteiger partial charge in [0.2, 0.25) is 0 Å². The molecule has 0 spiro atoms. The fraction of sp³-hybridized carbons (Fsp3) is 0.250. The van der Waals surface area contributed by atoms with Gasteiger partial charge in [0.05, 0.1) is 30.6 Å². The molecule has 0 amide bonds. The van der Waals surface area contributed by atoms with Gasteiger partial charge in [0.15, 0.2) is 0 Å². The van der Waals surface area contributed by atoms with Crippen molar-refractivity contribution in [1.82, 2.24) is 19.3 Å². The van der Waals surface area contributed by atoms with Crippen LogP contribution in [0, 0.1) is 0 Å². The van der Waals surface area contributed by atoms with E-state index in [0.29, 0.717) is 6.61 Å². The molecule has 6 heteroatoms. The third kappa shape index (κ3) is 3.67. The molecule has 5 rings (SSSR count). The minimum Gasteiger partial charge on any atom is -0.497 e. The molecule has 1 fully saturated rings. The van der Waals surface area contributed by atoms with Crippen LogP contribution >= 0.6 is 0 Å². The molecule has 6 nitrogen and oxygen atoms in total. The van der Waals surface area contributed by atoms with Gasteiger partial charge in [-0.1, -0.05) is 24.3 Å². The average molecular weight is 400 g/mol. The molecule has 1 aliphatic heterocycles. The molecule has 30 heavy (non-hydrogen) atoms. The first-order chi connectivity index (χ1) is 14.8. The smallest absolute Gasteiger partial charge is 0.119 e. The lowest BCUT2D eigenvalue weighted by Crippen LogP contribution is -2.38. The topological polar surface area (TPSA) is 51.9 Å². The molecule has 0 radical (unpaired) electrons. The zero-order valence-corrected chi connectivity index (χ0v) is 16.9. The number of aromatic nitrogens is 3. The van der Waals surface area contributed by atoms with Crippen LogP contribution in [0.3, 0.4) is 0 Å². The van der Waals surface area contributed by atoms with Crippen molar-refractivity contribution in [1.29, 1.82) is 0 Å². The molecule has 0 N–H and O–H groups in total. The number of benzene rings is 1. The molecule has 1 aromatic carbocycles. The number of methoxy groups -OCH3 is 1. The second kappa shape index (κ2) is 8.26. The second-order valence-electron chi connectivity index (χ2n) is 7.48. The van der Waals surface area contributed by atoms with E-state index in [0.717, 1.165) is 47.9 Å². The fourth-order valence-electron chi connectivity index (χ4n) is 4.07. The van der Waals surface area contributed by atoms with Crippen molar-refractivity contribution < 1.29 is 9.47 Å². The van der Waals surface area contributed by atoms with Gasteiger partial charge < -0.3 is 9.47 Å². The van der Waals surface area contributed by atoms with E-state index in [9.17, 15) is 0 Å². The minimum absolute atomic E-state index is 0.0546. The number of ether oxygens (including phenoxy) is 2. The highest BCUT2D eigenvalue weighted by atomic mass is 16.5. The number of morpholine rings is 1. The Labute approximate surface area is 175 Å². The Morgan fingerprint density at radius 2 is 2.07 bits per heavy atom. The first-order valence-corrected chi connectivity index (χ1v) is 10.1. The van der Waals surface area contributed by atoms with E-state index >= 15 is 0 Å². The van der Waals surface area contributed by atoms with Gasteiger partial charge in [-0.05, 0) is 35.9 Å². The van der Waals surface area contributed by atoms with Gasteiger partial charge in [0, 0.05) is 37.6 Å². The molecule has 1 saturated heterocycles. The Kier molecular flexibility index (Phi) is 5.17. The quantitative estimate of drug-likeness (QED) is 0.507. The normalized spacial score (nSPS) is 17.3. The molecule has 1 atom stereocenters. The van der Waals surface area contributed by atoms with Crippen LogP contribution in [-0.2, 0) is 11.3 Å². The summed E-state index contributed by atoms with van der Waals surface area (Å²) in [6, 6.07) is 18.5. The number of fused-ring (bicyclic) bond motifs is 1. The summed E-state index contributed by atoms with van der Waals surface area (Å²) >= 11 is 0. The molecular formula is C24H24N4O2. The van der Waals surface area contributed by atoms with E-state index in [4.69, 9.17) is 14.5 Å². The van der Waals surface area contributed by atoms with E-state index in [-0.39, 0.29) is 6.10 Å². The predicted octanol–water partition coefficient (Wildman–Crippen LogP) is 3.98. The molecule has 4 aromatic rings. The summed E-state index contributed by atoms with van der Waals surface area (Å²) in [7, 11) is 1.69. The molecule has 1 aliphatic rings. The molecule has 0 unspecified atom stereocenters. The van der Waals surface area contributed by atoms with Gasteiger partial charge in [-0.3, -0.25) is 14.3 Å². The Morgan fingerprint density at radius 1 is 1.13 bits per heavy atom. The van der Waals surface area contributed by atoms with Crippen molar-refractivity contribution in [3.63, 3.8) is 0 Å². The third-order valence-corrected chi connectivity index (χ3v) is 5.55. The molecule has 0 bridgehead atoms. The van der Waals surface area contributed by atoms with E-state index < -0.39 is 0 Å². The number of rotatable bonds is 5. The SMILES string of the molecule is COc1cccc(-c2cccc3c([C@H]4CN(Cc5cccnc5)CCO4)ncn23)c1. The maximum atomic E-state index is 6.13. The van der Waals surface area contributed by atoms with Crippen molar-refractivity contribution in [2.24, 2.45) is 0 Å². The molecule has 0 aliphatic carbocycles. The highest BCUT2D eigenvalue weighted by molar-refractivity contribution is 5.67. The number of imidazole rings is 1. The van der Waals surface area contributed by atoms with E-state index in [1.54, 1.807) is 7.11 Å². The average Bonchev–Trinajstić information content (AvgIpc) is 3.24. The fourth-order valence-corrected chi connectivity index (χ4v) is 4.07. The predicted molar refractivity (Wildman–Crippen MR) is 115 cm³/mol. The van der Waals surface area contributed by atoms with Crippen molar-refractivity contribution in [3.05, 3.63) is 84.6 Å². The summed E-state index contributed by atoms with van der Waals surface area (Å²) < 4.78 is 13.7. The molecule has 3 aromatic heterocycles. The maximum absolute atomic E-state index is 6.13. The van der Waals surface area contributed by atoms with Crippen molar-refractivity contribution in [2.75, 3.05) is 26.8 Å². The zero-order chi connectivity index (χ0) is 20.3. The molecule has 4 heterocycles. The summed E-state index contributed by atoms with van der Waals surface area (Å²) in [5.74, 6) is 0.839. The van der Waals surface area contributed by atoms with Gasteiger partial charge >= 0.3 is 0 Å². The standard InChI is InChI=1S/C24H24N4O2/c1-29-20-7-2-6-19(13-20)21-8-3-9-22-24(26-17-28(21)22)23-16-27(11-12-30-23)15-18-5-4-10-25-14-18/h2-10,13-14,17,23H,11-12,15-16H2,1H3/t23-/m1/s1. The summed E-state index contributed by atoms with van der Waals surface area (Å²) in [4.78, 5) is 11.4. The Morgan fingerprint density at radius 3 is 2.93 bits per heavy atom. The van der Waals surface area contributed by atoms with E-state index in [2.05, 4.69) is 44.6 Å². The number of nitrogens with zero attached hydrogens (tertiary/aromatic N) is 4. The largest absolute Gasteiger partial charge is 0.497 e. The van der Waals surface area contributed by atoms with Crippen molar-refractivity contribution in [2.45, 2.75) is 12.6 Å². The Balaban J connectivity index is 1.43. The van der Waals surface area contributed by atoms with Crippen LogP contribution in [-0.4, -0.2) is 46.1 Å². The molecule has 152 valence electrons. The first-order valence-electron chi connectivity index (χ1n) is 10.1. The number of hydrogen-bond acceptors (Lipinski definition) is 5. The van der Waals surface area contributed by atoms with Crippen LogP contribution in [0.2, 0.25) is 0 Å². The lowest BCUT2D eigenvalue weighted by Gasteiger charge is -2.32. The van der Waals surface area contributed by atoms with Crippen LogP contribution < -0.4 is 4.74 Å². The summed E-state index contributed by atoms with van der Waals surface area (Å²) in [6.45, 7) is 3.28. The maximum Gasteiger partial charge on any atom is 0.119 e. The zero-order valence-electron chi connectivity index (χ0n) is 16.9. The van der Waals surface area contributed by atoms with Crippen molar-refractivity contribution >= 4 is 5.52 Å². The molecular weight excluding hydrogens is 376 g/mol. The monoisotopic (exact) mass is 400 g/mol.